The van der Waals surface area contributed by atoms with Crippen LogP contribution in [0.4, 0.5) is 0 Å². The molecule has 0 N–H and O–H groups in total. The summed E-state index contributed by atoms with van der Waals surface area (Å²) in [4.78, 5) is 23.4. The molecule has 0 amide bonds. The second kappa shape index (κ2) is 10.7. The van der Waals surface area contributed by atoms with Crippen LogP contribution in [0.3, 0.4) is 0 Å². The van der Waals surface area contributed by atoms with Crippen molar-refractivity contribution in [3.63, 3.8) is 0 Å². The highest BCUT2D eigenvalue weighted by atomic mass is 16.6. The third-order valence-corrected chi connectivity index (χ3v) is 3.51. The van der Waals surface area contributed by atoms with Crippen LogP contribution in [0, 0.1) is 0 Å². The molecular weight excluding hydrogens is 328 g/mol. The van der Waals surface area contributed by atoms with Crippen LogP contribution < -0.4 is 0 Å². The summed E-state index contributed by atoms with van der Waals surface area (Å²) in [5.41, 5.74) is 1.85. The minimum absolute atomic E-state index is 0.189. The number of rotatable bonds is 8. The van der Waals surface area contributed by atoms with E-state index in [1.165, 1.54) is 12.2 Å². The summed E-state index contributed by atoms with van der Waals surface area (Å²) < 4.78 is 10.4. The van der Waals surface area contributed by atoms with Crippen LogP contribution in [-0.2, 0) is 19.1 Å². The van der Waals surface area contributed by atoms with Gasteiger partial charge in [-0.25, -0.2) is 9.59 Å². The molecule has 4 nitrogen and oxygen atoms in total. The lowest BCUT2D eigenvalue weighted by atomic mass is 10.2. The fourth-order valence-corrected chi connectivity index (χ4v) is 2.13. The van der Waals surface area contributed by atoms with Crippen molar-refractivity contribution in [3.8, 4) is 0 Å². The molecule has 26 heavy (non-hydrogen) atoms. The molecule has 0 saturated carbocycles. The molecule has 2 aromatic carbocycles. The number of ether oxygens (including phenoxy) is 2. The number of carbonyl (C=O) groups excluding carboxylic acids is 2. The van der Waals surface area contributed by atoms with Gasteiger partial charge in [-0.2, -0.15) is 0 Å². The Morgan fingerprint density at radius 1 is 0.846 bits per heavy atom. The van der Waals surface area contributed by atoms with Gasteiger partial charge in [0.1, 0.15) is 6.10 Å². The van der Waals surface area contributed by atoms with Gasteiger partial charge in [0.05, 0.1) is 6.61 Å². The van der Waals surface area contributed by atoms with E-state index in [2.05, 4.69) is 0 Å². The van der Waals surface area contributed by atoms with E-state index in [1.807, 2.05) is 60.7 Å². The van der Waals surface area contributed by atoms with Crippen molar-refractivity contribution in [2.24, 2.45) is 0 Å². The summed E-state index contributed by atoms with van der Waals surface area (Å²) in [6.45, 7) is 1.96. The highest BCUT2D eigenvalue weighted by molar-refractivity contribution is 5.87. The van der Waals surface area contributed by atoms with E-state index in [0.29, 0.717) is 6.42 Å². The van der Waals surface area contributed by atoms with Gasteiger partial charge in [0.2, 0.25) is 0 Å². The minimum Gasteiger partial charge on any atom is -0.462 e. The van der Waals surface area contributed by atoms with Crippen LogP contribution in [0.15, 0.2) is 72.8 Å². The van der Waals surface area contributed by atoms with Gasteiger partial charge in [-0.05, 0) is 30.2 Å². The Labute approximate surface area is 153 Å². The molecule has 4 heteroatoms. The Balaban J connectivity index is 1.66. The third-order valence-electron chi connectivity index (χ3n) is 3.51. The van der Waals surface area contributed by atoms with Crippen LogP contribution in [-0.4, -0.2) is 24.6 Å². The number of carbonyl (C=O) groups is 2. The number of hydrogen-bond acceptors (Lipinski definition) is 4. The largest absolute Gasteiger partial charge is 0.462 e. The molecule has 2 aromatic rings. The van der Waals surface area contributed by atoms with Gasteiger partial charge in [-0.3, -0.25) is 0 Å². The lowest BCUT2D eigenvalue weighted by molar-refractivity contribution is -0.144. The highest BCUT2D eigenvalue weighted by Gasteiger charge is 2.08. The second-order valence-electron chi connectivity index (χ2n) is 5.69. The van der Waals surface area contributed by atoms with E-state index in [9.17, 15) is 9.59 Å². The molecule has 1 atom stereocenters. The summed E-state index contributed by atoms with van der Waals surface area (Å²) in [5, 5.41) is 0. The predicted octanol–water partition coefficient (Wildman–Crippen LogP) is 4.28. The summed E-state index contributed by atoms with van der Waals surface area (Å²) >= 11 is 0. The van der Waals surface area contributed by atoms with E-state index in [1.54, 1.807) is 19.1 Å². The third kappa shape index (κ3) is 7.62. The van der Waals surface area contributed by atoms with Gasteiger partial charge >= 0.3 is 11.9 Å². The molecule has 0 aromatic heterocycles. The van der Waals surface area contributed by atoms with Gasteiger partial charge in [-0.1, -0.05) is 60.7 Å². The second-order valence-corrected chi connectivity index (χ2v) is 5.69. The van der Waals surface area contributed by atoms with E-state index >= 15 is 0 Å². The maximum Gasteiger partial charge on any atom is 0.331 e. The first-order chi connectivity index (χ1) is 12.6. The topological polar surface area (TPSA) is 52.6 Å². The first kappa shape index (κ1) is 19.2. The van der Waals surface area contributed by atoms with Gasteiger partial charge < -0.3 is 9.47 Å². The Hall–Kier alpha value is -3.14. The molecule has 0 aliphatic heterocycles. The first-order valence-electron chi connectivity index (χ1n) is 8.47. The average Bonchev–Trinajstić information content (AvgIpc) is 2.66. The van der Waals surface area contributed by atoms with E-state index in [4.69, 9.17) is 9.47 Å². The Bertz CT molecular complexity index is 748. The number of benzene rings is 2. The van der Waals surface area contributed by atoms with Crippen molar-refractivity contribution in [1.82, 2.24) is 0 Å². The standard InChI is InChI=1S/C22H22O4/c1-18(26-22(24)15-13-20-10-6-3-7-11-20)16-17-25-21(23)14-12-19-8-4-2-5-9-19/h2-15,18H,16-17H2,1H3. The summed E-state index contributed by atoms with van der Waals surface area (Å²) in [7, 11) is 0. The lowest BCUT2D eigenvalue weighted by Crippen LogP contribution is -2.16. The van der Waals surface area contributed by atoms with Crippen molar-refractivity contribution in [1.29, 1.82) is 0 Å². The summed E-state index contributed by atoms with van der Waals surface area (Å²) in [5.74, 6) is -0.840. The van der Waals surface area contributed by atoms with Crippen molar-refractivity contribution < 1.29 is 19.1 Å². The van der Waals surface area contributed by atoms with E-state index in [0.717, 1.165) is 11.1 Å². The maximum atomic E-state index is 11.8. The molecule has 0 fully saturated rings. The lowest BCUT2D eigenvalue weighted by Gasteiger charge is -2.11. The maximum absolute atomic E-state index is 11.8. The number of esters is 2. The van der Waals surface area contributed by atoms with Crippen LogP contribution in [0.25, 0.3) is 12.2 Å². The Morgan fingerprint density at radius 3 is 1.88 bits per heavy atom. The number of hydrogen-bond donors (Lipinski definition) is 0. The predicted molar refractivity (Wildman–Crippen MR) is 102 cm³/mol. The zero-order chi connectivity index (χ0) is 18.6. The Kier molecular flexibility index (Phi) is 7.87. The monoisotopic (exact) mass is 350 g/mol. The molecule has 0 aliphatic carbocycles. The summed E-state index contributed by atoms with van der Waals surface area (Å²) in [6, 6.07) is 19.0. The smallest absolute Gasteiger partial charge is 0.331 e. The van der Waals surface area contributed by atoms with Crippen molar-refractivity contribution in [2.75, 3.05) is 6.61 Å². The molecule has 134 valence electrons. The van der Waals surface area contributed by atoms with Crippen LogP contribution in [0.1, 0.15) is 24.5 Å². The van der Waals surface area contributed by atoms with Gasteiger partial charge in [0, 0.05) is 18.6 Å². The quantitative estimate of drug-likeness (QED) is 0.527. The van der Waals surface area contributed by atoms with E-state index in [-0.39, 0.29) is 12.7 Å². The van der Waals surface area contributed by atoms with Gasteiger partial charge in [0.15, 0.2) is 0 Å². The van der Waals surface area contributed by atoms with E-state index < -0.39 is 11.9 Å². The Morgan fingerprint density at radius 2 is 1.35 bits per heavy atom. The van der Waals surface area contributed by atoms with Crippen LogP contribution in [0.5, 0.6) is 0 Å². The highest BCUT2D eigenvalue weighted by Crippen LogP contribution is 2.05. The van der Waals surface area contributed by atoms with Crippen molar-refractivity contribution >= 4 is 24.1 Å². The fraction of sp³-hybridized carbons (Fsp3) is 0.182. The van der Waals surface area contributed by atoms with Crippen molar-refractivity contribution in [2.45, 2.75) is 19.4 Å². The zero-order valence-electron chi connectivity index (χ0n) is 14.7. The van der Waals surface area contributed by atoms with Crippen LogP contribution >= 0.6 is 0 Å². The normalized spacial score (nSPS) is 12.2. The SMILES string of the molecule is CC(CCOC(=O)C=Cc1ccccc1)OC(=O)C=Cc1ccccc1. The summed E-state index contributed by atoms with van der Waals surface area (Å²) in [6.07, 6.45) is 6.27. The molecule has 0 saturated heterocycles. The molecule has 0 aliphatic rings. The first-order valence-corrected chi connectivity index (χ1v) is 8.47. The molecule has 2 rings (SSSR count). The molecule has 0 bridgehead atoms. The molecule has 0 radical (unpaired) electrons. The minimum atomic E-state index is -0.420. The average molecular weight is 350 g/mol. The molecule has 1 unspecified atom stereocenters. The van der Waals surface area contributed by atoms with Crippen LogP contribution in [0.2, 0.25) is 0 Å². The van der Waals surface area contributed by atoms with Crippen molar-refractivity contribution in [3.05, 3.63) is 83.9 Å². The molecule has 0 spiro atoms. The molecule has 0 heterocycles. The molecular formula is C22H22O4. The fourth-order valence-electron chi connectivity index (χ4n) is 2.13. The van der Waals surface area contributed by atoms with Gasteiger partial charge in [-0.15, -0.1) is 0 Å². The van der Waals surface area contributed by atoms with Gasteiger partial charge in [0.25, 0.3) is 0 Å². The zero-order valence-corrected chi connectivity index (χ0v) is 14.7.